The average molecular weight is 408 g/mol. The van der Waals surface area contributed by atoms with Gasteiger partial charge in [0.15, 0.2) is 0 Å². The van der Waals surface area contributed by atoms with Crippen molar-refractivity contribution < 1.29 is 4.79 Å². The van der Waals surface area contributed by atoms with Crippen LogP contribution in [0.25, 0.3) is 0 Å². The van der Waals surface area contributed by atoms with Crippen LogP contribution in [-0.2, 0) is 0 Å². The monoisotopic (exact) mass is 406 g/mol. The fourth-order valence-electron chi connectivity index (χ4n) is 1.23. The van der Waals surface area contributed by atoms with Crippen LogP contribution >= 0.6 is 55.0 Å². The molecule has 0 aromatic carbocycles. The van der Waals surface area contributed by atoms with Gasteiger partial charge >= 0.3 is 0 Å². The Morgan fingerprint density at radius 2 is 2.22 bits per heavy atom. The fraction of sp³-hybridized carbons (Fsp3) is 0.0909. The number of hydrogen-bond acceptors (Lipinski definition) is 4. The van der Waals surface area contributed by atoms with Gasteiger partial charge in [-0.3, -0.25) is 4.79 Å². The van der Waals surface area contributed by atoms with E-state index >= 15 is 0 Å². The van der Waals surface area contributed by atoms with Gasteiger partial charge in [-0.15, -0.1) is 23.1 Å². The van der Waals surface area contributed by atoms with Crippen LogP contribution in [0, 0.1) is 0 Å². The Labute approximate surface area is 130 Å². The van der Waals surface area contributed by atoms with Crippen molar-refractivity contribution in [2.75, 3.05) is 11.6 Å². The lowest BCUT2D eigenvalue weighted by molar-refractivity contribution is 0.103. The summed E-state index contributed by atoms with van der Waals surface area (Å²) >= 11 is 9.67. The molecule has 0 atom stereocenters. The van der Waals surface area contributed by atoms with E-state index in [0.717, 1.165) is 13.3 Å². The second-order valence-electron chi connectivity index (χ2n) is 3.28. The number of thioether (sulfide) groups is 1. The first-order valence-electron chi connectivity index (χ1n) is 4.86. The van der Waals surface area contributed by atoms with Gasteiger partial charge in [-0.05, 0) is 56.3 Å². The zero-order valence-corrected chi connectivity index (χ0v) is 14.0. The van der Waals surface area contributed by atoms with Gasteiger partial charge in [-0.2, -0.15) is 0 Å². The Kier molecular flexibility index (Phi) is 4.83. The van der Waals surface area contributed by atoms with Crippen molar-refractivity contribution in [2.24, 2.45) is 0 Å². The highest BCUT2D eigenvalue weighted by molar-refractivity contribution is 9.13. The number of rotatable bonds is 3. The third-order valence-corrected chi connectivity index (χ3v) is 5.99. The Hall–Kier alpha value is -0.370. The molecule has 0 spiro atoms. The molecule has 3 nitrogen and oxygen atoms in total. The van der Waals surface area contributed by atoms with Crippen molar-refractivity contribution in [1.29, 1.82) is 0 Å². The lowest BCUT2D eigenvalue weighted by Crippen LogP contribution is -2.10. The Balaban J connectivity index is 2.10. The van der Waals surface area contributed by atoms with Crippen LogP contribution in [0.3, 0.4) is 0 Å². The SMILES string of the molecule is CSc1ccc(NC(=O)c2cc(Br)c(Br)s2)cn1. The molecule has 2 heterocycles. The normalized spacial score (nSPS) is 10.4. The molecule has 0 saturated carbocycles. The maximum atomic E-state index is 12.0. The predicted octanol–water partition coefficient (Wildman–Crippen LogP) is 4.64. The number of thiophene rings is 1. The third-order valence-electron chi connectivity index (χ3n) is 2.07. The summed E-state index contributed by atoms with van der Waals surface area (Å²) < 4.78 is 1.79. The summed E-state index contributed by atoms with van der Waals surface area (Å²) in [6, 6.07) is 5.50. The number of hydrogen-bond donors (Lipinski definition) is 1. The van der Waals surface area contributed by atoms with Crippen LogP contribution in [0.15, 0.2) is 37.7 Å². The summed E-state index contributed by atoms with van der Waals surface area (Å²) in [6.07, 6.45) is 3.61. The number of aromatic nitrogens is 1. The topological polar surface area (TPSA) is 42.0 Å². The summed E-state index contributed by atoms with van der Waals surface area (Å²) in [5.41, 5.74) is 0.693. The first-order chi connectivity index (χ1) is 8.60. The van der Waals surface area contributed by atoms with Crippen molar-refractivity contribution in [1.82, 2.24) is 4.98 Å². The molecular formula is C11H8Br2N2OS2. The van der Waals surface area contributed by atoms with E-state index in [1.54, 1.807) is 24.0 Å². The number of nitrogens with zero attached hydrogens (tertiary/aromatic N) is 1. The summed E-state index contributed by atoms with van der Waals surface area (Å²) in [5.74, 6) is -0.134. The summed E-state index contributed by atoms with van der Waals surface area (Å²) in [7, 11) is 0. The van der Waals surface area contributed by atoms with Crippen molar-refractivity contribution in [3.05, 3.63) is 37.5 Å². The van der Waals surface area contributed by atoms with Crippen LogP contribution in [-0.4, -0.2) is 17.1 Å². The molecule has 0 radical (unpaired) electrons. The van der Waals surface area contributed by atoms with Crippen LogP contribution < -0.4 is 5.32 Å². The van der Waals surface area contributed by atoms with Gasteiger partial charge in [-0.25, -0.2) is 4.98 Å². The minimum Gasteiger partial charge on any atom is -0.320 e. The Bertz CT molecular complexity index is 549. The highest BCUT2D eigenvalue weighted by Crippen LogP contribution is 2.32. The smallest absolute Gasteiger partial charge is 0.265 e. The van der Waals surface area contributed by atoms with Crippen molar-refractivity contribution >= 4 is 66.6 Å². The van der Waals surface area contributed by atoms with E-state index in [2.05, 4.69) is 42.2 Å². The summed E-state index contributed by atoms with van der Waals surface area (Å²) in [6.45, 7) is 0. The van der Waals surface area contributed by atoms with Crippen LogP contribution in [0.2, 0.25) is 0 Å². The van der Waals surface area contributed by atoms with Gasteiger partial charge in [0, 0.05) is 4.47 Å². The van der Waals surface area contributed by atoms with E-state index in [0.29, 0.717) is 10.6 Å². The molecule has 7 heteroatoms. The van der Waals surface area contributed by atoms with Gasteiger partial charge in [0.05, 0.1) is 25.6 Å². The molecule has 0 fully saturated rings. The molecule has 0 aliphatic rings. The van der Waals surface area contributed by atoms with Crippen molar-refractivity contribution in [3.63, 3.8) is 0 Å². The molecule has 94 valence electrons. The number of carbonyl (C=O) groups excluding carboxylic acids is 1. The van der Waals surface area contributed by atoms with Crippen LogP contribution in [0.1, 0.15) is 9.67 Å². The standard InChI is InChI=1S/C11H8Br2N2OS2/c1-17-9-3-2-6(5-14-9)15-11(16)8-4-7(12)10(13)18-8/h2-5H,1H3,(H,15,16). The molecule has 0 unspecified atom stereocenters. The number of nitrogens with one attached hydrogen (secondary N) is 1. The van der Waals surface area contributed by atoms with E-state index in [-0.39, 0.29) is 5.91 Å². The molecule has 2 aromatic rings. The third kappa shape index (κ3) is 3.34. The van der Waals surface area contributed by atoms with E-state index in [9.17, 15) is 4.79 Å². The van der Waals surface area contributed by atoms with Crippen molar-refractivity contribution in [3.8, 4) is 0 Å². The number of amides is 1. The van der Waals surface area contributed by atoms with Gasteiger partial charge in [0.2, 0.25) is 0 Å². The number of pyridine rings is 1. The minimum absolute atomic E-state index is 0.134. The molecule has 2 aromatic heterocycles. The Morgan fingerprint density at radius 3 is 2.72 bits per heavy atom. The molecule has 1 amide bonds. The average Bonchev–Trinajstić information content (AvgIpc) is 2.71. The molecule has 1 N–H and O–H groups in total. The first-order valence-corrected chi connectivity index (χ1v) is 8.49. The second-order valence-corrected chi connectivity index (χ2v) is 7.33. The lowest BCUT2D eigenvalue weighted by atomic mass is 10.4. The highest BCUT2D eigenvalue weighted by atomic mass is 79.9. The number of carbonyl (C=O) groups is 1. The predicted molar refractivity (Wildman–Crippen MR) is 83.7 cm³/mol. The maximum Gasteiger partial charge on any atom is 0.265 e. The quantitative estimate of drug-likeness (QED) is 0.753. The highest BCUT2D eigenvalue weighted by Gasteiger charge is 2.12. The Morgan fingerprint density at radius 1 is 1.44 bits per heavy atom. The molecule has 0 aliphatic carbocycles. The van der Waals surface area contributed by atoms with Crippen LogP contribution in [0.4, 0.5) is 5.69 Å². The van der Waals surface area contributed by atoms with Crippen molar-refractivity contribution in [2.45, 2.75) is 5.03 Å². The van der Waals surface area contributed by atoms with Gasteiger partial charge < -0.3 is 5.32 Å². The van der Waals surface area contributed by atoms with Crippen LogP contribution in [0.5, 0.6) is 0 Å². The van der Waals surface area contributed by atoms with Gasteiger partial charge in [0.25, 0.3) is 5.91 Å². The first kappa shape index (κ1) is 14.0. The largest absolute Gasteiger partial charge is 0.320 e. The molecular weight excluding hydrogens is 400 g/mol. The molecule has 18 heavy (non-hydrogen) atoms. The number of halogens is 2. The zero-order valence-electron chi connectivity index (χ0n) is 9.24. The minimum atomic E-state index is -0.134. The number of anilines is 1. The maximum absolute atomic E-state index is 12.0. The molecule has 0 bridgehead atoms. The lowest BCUT2D eigenvalue weighted by Gasteiger charge is -2.03. The fourth-order valence-corrected chi connectivity index (χ4v) is 3.52. The summed E-state index contributed by atoms with van der Waals surface area (Å²) in [4.78, 5) is 16.8. The molecule has 0 saturated heterocycles. The van der Waals surface area contributed by atoms with E-state index in [1.165, 1.54) is 11.3 Å². The second kappa shape index (κ2) is 6.18. The molecule has 2 rings (SSSR count). The zero-order chi connectivity index (χ0) is 13.1. The van der Waals surface area contributed by atoms with E-state index in [1.807, 2.05) is 18.4 Å². The van der Waals surface area contributed by atoms with E-state index in [4.69, 9.17) is 0 Å². The van der Waals surface area contributed by atoms with Gasteiger partial charge in [0.1, 0.15) is 0 Å². The summed E-state index contributed by atoms with van der Waals surface area (Å²) in [5, 5.41) is 3.73. The van der Waals surface area contributed by atoms with Gasteiger partial charge in [-0.1, -0.05) is 0 Å². The van der Waals surface area contributed by atoms with E-state index < -0.39 is 0 Å². The molecule has 0 aliphatic heterocycles.